The van der Waals surface area contributed by atoms with Gasteiger partial charge in [0.15, 0.2) is 5.96 Å². The van der Waals surface area contributed by atoms with Gasteiger partial charge in [-0.25, -0.2) is 4.99 Å². The van der Waals surface area contributed by atoms with Gasteiger partial charge in [-0.3, -0.25) is 4.79 Å². The molecule has 0 bridgehead atoms. The Bertz CT molecular complexity index is 867. The van der Waals surface area contributed by atoms with Gasteiger partial charge in [-0.1, -0.05) is 54.1 Å². The van der Waals surface area contributed by atoms with E-state index in [9.17, 15) is 4.79 Å². The van der Waals surface area contributed by atoms with E-state index in [0.717, 1.165) is 47.2 Å². The monoisotopic (exact) mass is 412 g/mol. The van der Waals surface area contributed by atoms with Gasteiger partial charge in [0.1, 0.15) is 0 Å². The number of benzene rings is 2. The molecule has 1 aliphatic heterocycles. The molecule has 2 aromatic rings. The lowest BCUT2D eigenvalue weighted by molar-refractivity contribution is -0.128. The summed E-state index contributed by atoms with van der Waals surface area (Å²) >= 11 is 6.31. The lowest BCUT2D eigenvalue weighted by atomic mass is 10.1. The molecule has 1 N–H and O–H groups in total. The van der Waals surface area contributed by atoms with Gasteiger partial charge in [-0.2, -0.15) is 0 Å². The van der Waals surface area contributed by atoms with Gasteiger partial charge < -0.3 is 15.1 Å². The molecule has 1 aliphatic rings. The topological polar surface area (TPSA) is 47.9 Å². The van der Waals surface area contributed by atoms with E-state index < -0.39 is 0 Å². The molecule has 0 atom stereocenters. The fourth-order valence-corrected chi connectivity index (χ4v) is 3.71. The Morgan fingerprint density at radius 3 is 2.72 bits per heavy atom. The van der Waals surface area contributed by atoms with Crippen molar-refractivity contribution in [1.29, 1.82) is 0 Å². The first-order chi connectivity index (χ1) is 14.1. The lowest BCUT2D eigenvalue weighted by Gasteiger charge is -2.22. The first-order valence-corrected chi connectivity index (χ1v) is 10.5. The molecule has 3 rings (SSSR count). The first-order valence-electron chi connectivity index (χ1n) is 10.1. The number of carbonyl (C=O) groups is 1. The van der Waals surface area contributed by atoms with Crippen LogP contribution in [0.25, 0.3) is 0 Å². The number of guanidine groups is 1. The van der Waals surface area contributed by atoms with Gasteiger partial charge in [0, 0.05) is 44.7 Å². The summed E-state index contributed by atoms with van der Waals surface area (Å²) in [6.07, 6.45) is 1.64. The number of carbonyl (C=O) groups excluding carboxylic acids is 1. The molecule has 0 unspecified atom stereocenters. The molecule has 1 heterocycles. The molecule has 2 aromatic carbocycles. The molecule has 1 amide bonds. The fraction of sp³-hybridized carbons (Fsp3) is 0.391. The van der Waals surface area contributed by atoms with Crippen molar-refractivity contribution in [2.45, 2.75) is 39.4 Å². The predicted octanol–water partition coefficient (Wildman–Crippen LogP) is 4.06. The highest BCUT2D eigenvalue weighted by atomic mass is 35.5. The summed E-state index contributed by atoms with van der Waals surface area (Å²) in [7, 11) is 2.01. The van der Waals surface area contributed by atoms with E-state index in [4.69, 9.17) is 16.6 Å². The SMILES string of the molecule is CCNC(=NCc1cccc(CN2CCCC2=O)c1)N(C)Cc1ccccc1Cl. The summed E-state index contributed by atoms with van der Waals surface area (Å²) in [5.74, 6) is 1.09. The Labute approximate surface area is 178 Å². The van der Waals surface area contributed by atoms with Crippen LogP contribution in [-0.4, -0.2) is 41.8 Å². The Kier molecular flexibility index (Phi) is 7.53. The van der Waals surface area contributed by atoms with Gasteiger partial charge in [-0.05, 0) is 36.1 Å². The number of rotatable bonds is 7. The fourth-order valence-electron chi connectivity index (χ4n) is 3.51. The Morgan fingerprint density at radius 1 is 1.21 bits per heavy atom. The van der Waals surface area contributed by atoms with E-state index in [-0.39, 0.29) is 5.91 Å². The van der Waals surface area contributed by atoms with Crippen molar-refractivity contribution >= 4 is 23.5 Å². The van der Waals surface area contributed by atoms with Crippen LogP contribution in [0.4, 0.5) is 0 Å². The summed E-state index contributed by atoms with van der Waals surface area (Å²) in [5, 5.41) is 4.11. The zero-order valence-corrected chi connectivity index (χ0v) is 18.0. The molecule has 1 fully saturated rings. The van der Waals surface area contributed by atoms with Crippen molar-refractivity contribution in [3.05, 3.63) is 70.2 Å². The average molecular weight is 413 g/mol. The summed E-state index contributed by atoms with van der Waals surface area (Å²) in [4.78, 5) is 20.7. The molecular weight excluding hydrogens is 384 g/mol. The number of nitrogens with one attached hydrogen (secondary N) is 1. The van der Waals surface area contributed by atoms with E-state index in [0.29, 0.717) is 26.1 Å². The van der Waals surface area contributed by atoms with Gasteiger partial charge in [-0.15, -0.1) is 0 Å². The number of aliphatic imine (C=N–C) groups is 1. The van der Waals surface area contributed by atoms with Crippen LogP contribution >= 0.6 is 11.6 Å². The van der Waals surface area contributed by atoms with E-state index in [1.807, 2.05) is 42.3 Å². The normalized spacial score (nSPS) is 14.4. The number of hydrogen-bond donors (Lipinski definition) is 1. The van der Waals surface area contributed by atoms with Gasteiger partial charge in [0.25, 0.3) is 0 Å². The van der Waals surface area contributed by atoms with Crippen LogP contribution in [-0.2, 0) is 24.4 Å². The molecule has 0 spiro atoms. The van der Waals surface area contributed by atoms with Crippen LogP contribution in [0.3, 0.4) is 0 Å². The molecule has 1 saturated heterocycles. The summed E-state index contributed by atoms with van der Waals surface area (Å²) in [6.45, 7) is 5.66. The predicted molar refractivity (Wildman–Crippen MR) is 119 cm³/mol. The highest BCUT2D eigenvalue weighted by Crippen LogP contribution is 2.17. The molecule has 0 aromatic heterocycles. The minimum Gasteiger partial charge on any atom is -0.357 e. The van der Waals surface area contributed by atoms with Crippen LogP contribution in [0.2, 0.25) is 5.02 Å². The molecule has 154 valence electrons. The third-order valence-corrected chi connectivity index (χ3v) is 5.38. The maximum absolute atomic E-state index is 11.9. The van der Waals surface area contributed by atoms with Crippen LogP contribution < -0.4 is 5.32 Å². The van der Waals surface area contributed by atoms with E-state index in [1.165, 1.54) is 0 Å². The molecule has 6 heteroatoms. The quantitative estimate of drug-likeness (QED) is 0.551. The Morgan fingerprint density at radius 2 is 2.00 bits per heavy atom. The van der Waals surface area contributed by atoms with Gasteiger partial charge >= 0.3 is 0 Å². The Balaban J connectivity index is 1.67. The molecule has 0 saturated carbocycles. The van der Waals surface area contributed by atoms with E-state index in [2.05, 4.69) is 35.3 Å². The minimum atomic E-state index is 0.254. The second-order valence-corrected chi connectivity index (χ2v) is 7.76. The van der Waals surface area contributed by atoms with Crippen molar-refractivity contribution in [1.82, 2.24) is 15.1 Å². The highest BCUT2D eigenvalue weighted by molar-refractivity contribution is 6.31. The van der Waals surface area contributed by atoms with Gasteiger partial charge in [0.05, 0.1) is 6.54 Å². The van der Waals surface area contributed by atoms with E-state index >= 15 is 0 Å². The third kappa shape index (κ3) is 5.97. The molecule has 0 aliphatic carbocycles. The zero-order chi connectivity index (χ0) is 20.6. The molecule has 0 radical (unpaired) electrons. The van der Waals surface area contributed by atoms with Crippen molar-refractivity contribution in [2.24, 2.45) is 4.99 Å². The van der Waals surface area contributed by atoms with Gasteiger partial charge in [0.2, 0.25) is 5.91 Å². The maximum atomic E-state index is 11.9. The average Bonchev–Trinajstić information content (AvgIpc) is 3.11. The lowest BCUT2D eigenvalue weighted by Crippen LogP contribution is -2.38. The number of halogens is 1. The standard InChI is InChI=1S/C23H29ClN4O/c1-3-25-23(27(2)17-20-10-4-5-11-21(20)24)26-15-18-8-6-9-19(14-18)16-28-13-7-12-22(28)29/h4-6,8-11,14H,3,7,12-13,15-17H2,1-2H3,(H,25,26). The van der Waals surface area contributed by atoms with Crippen LogP contribution in [0.15, 0.2) is 53.5 Å². The molecule has 5 nitrogen and oxygen atoms in total. The first kappa shape index (κ1) is 21.2. The van der Waals surface area contributed by atoms with Crippen molar-refractivity contribution in [3.63, 3.8) is 0 Å². The summed E-state index contributed by atoms with van der Waals surface area (Å²) in [5.41, 5.74) is 3.36. The van der Waals surface area contributed by atoms with Crippen LogP contribution in [0, 0.1) is 0 Å². The van der Waals surface area contributed by atoms with Crippen molar-refractivity contribution in [2.75, 3.05) is 20.1 Å². The van der Waals surface area contributed by atoms with Crippen LogP contribution in [0.5, 0.6) is 0 Å². The molecule has 29 heavy (non-hydrogen) atoms. The maximum Gasteiger partial charge on any atom is 0.222 e. The number of hydrogen-bond acceptors (Lipinski definition) is 2. The summed E-state index contributed by atoms with van der Waals surface area (Å²) < 4.78 is 0. The smallest absolute Gasteiger partial charge is 0.222 e. The largest absolute Gasteiger partial charge is 0.357 e. The van der Waals surface area contributed by atoms with Crippen molar-refractivity contribution in [3.8, 4) is 0 Å². The third-order valence-electron chi connectivity index (χ3n) is 5.01. The summed E-state index contributed by atoms with van der Waals surface area (Å²) in [6, 6.07) is 16.2. The highest BCUT2D eigenvalue weighted by Gasteiger charge is 2.19. The number of nitrogens with zero attached hydrogens (tertiary/aromatic N) is 3. The Hall–Kier alpha value is -2.53. The molecular formula is C23H29ClN4O. The van der Waals surface area contributed by atoms with Crippen molar-refractivity contribution < 1.29 is 4.79 Å². The van der Waals surface area contributed by atoms with Crippen LogP contribution in [0.1, 0.15) is 36.5 Å². The number of likely N-dealkylation sites (tertiary alicyclic amines) is 1. The minimum absolute atomic E-state index is 0.254. The zero-order valence-electron chi connectivity index (χ0n) is 17.2. The second kappa shape index (κ2) is 10.3. The van der Waals surface area contributed by atoms with E-state index in [1.54, 1.807) is 0 Å². The number of amides is 1. The second-order valence-electron chi connectivity index (χ2n) is 7.36.